The predicted molar refractivity (Wildman–Crippen MR) is 64.3 cm³/mol. The topological polar surface area (TPSA) is 43.1 Å². The van der Waals surface area contributed by atoms with Crippen molar-refractivity contribution in [1.82, 2.24) is 0 Å². The number of rotatable bonds is 3. The van der Waals surface area contributed by atoms with Crippen molar-refractivity contribution in [3.8, 4) is 0 Å². The molecule has 1 atom stereocenters. The summed E-state index contributed by atoms with van der Waals surface area (Å²) in [7, 11) is 0. The average molecular weight is 211 g/mol. The summed E-state index contributed by atoms with van der Waals surface area (Å²) in [6, 6.07) is 17.0. The van der Waals surface area contributed by atoms with Crippen molar-refractivity contribution in [2.24, 2.45) is 5.73 Å². The Balaban J connectivity index is 2.34. The molecule has 80 valence electrons. The number of carbonyl (C=O) groups is 1. The van der Waals surface area contributed by atoms with Crippen LogP contribution in [0.5, 0.6) is 0 Å². The van der Waals surface area contributed by atoms with Crippen LogP contribution in [0.3, 0.4) is 0 Å². The van der Waals surface area contributed by atoms with Gasteiger partial charge in [-0.2, -0.15) is 0 Å². The van der Waals surface area contributed by atoms with E-state index in [4.69, 9.17) is 5.73 Å². The van der Waals surface area contributed by atoms with Crippen LogP contribution >= 0.6 is 0 Å². The molecule has 0 aliphatic carbocycles. The van der Waals surface area contributed by atoms with Gasteiger partial charge in [-0.1, -0.05) is 48.5 Å². The third-order valence-corrected chi connectivity index (χ3v) is 2.56. The highest BCUT2D eigenvalue weighted by molar-refractivity contribution is 5.75. The molecule has 0 saturated carbocycles. The quantitative estimate of drug-likeness (QED) is 0.793. The Morgan fingerprint density at radius 1 is 0.938 bits per heavy atom. The maximum Gasteiger partial charge on any atom is 0.150 e. The summed E-state index contributed by atoms with van der Waals surface area (Å²) in [5.74, 6) is 0. The molecule has 0 amide bonds. The van der Waals surface area contributed by atoms with Crippen LogP contribution in [0.4, 0.5) is 0 Å². The van der Waals surface area contributed by atoms with Crippen LogP contribution in [0.15, 0.2) is 54.6 Å². The van der Waals surface area contributed by atoms with E-state index in [0.717, 1.165) is 17.4 Å². The SMILES string of the molecule is NC(c1ccccc1)c1cccc(C=O)c1. The van der Waals surface area contributed by atoms with E-state index in [-0.39, 0.29) is 6.04 Å². The highest BCUT2D eigenvalue weighted by atomic mass is 16.1. The smallest absolute Gasteiger partial charge is 0.150 e. The Morgan fingerprint density at radius 2 is 1.62 bits per heavy atom. The van der Waals surface area contributed by atoms with Gasteiger partial charge in [-0.25, -0.2) is 0 Å². The van der Waals surface area contributed by atoms with Crippen molar-refractivity contribution in [2.75, 3.05) is 0 Å². The largest absolute Gasteiger partial charge is 0.320 e. The molecule has 16 heavy (non-hydrogen) atoms. The fraction of sp³-hybridized carbons (Fsp3) is 0.0714. The van der Waals surface area contributed by atoms with Crippen molar-refractivity contribution in [3.05, 3.63) is 71.3 Å². The molecular weight excluding hydrogens is 198 g/mol. The lowest BCUT2D eigenvalue weighted by Crippen LogP contribution is -2.11. The minimum atomic E-state index is -0.180. The zero-order valence-corrected chi connectivity index (χ0v) is 8.84. The Bertz CT molecular complexity index is 479. The van der Waals surface area contributed by atoms with Crippen LogP contribution in [0, 0.1) is 0 Å². The first-order valence-electron chi connectivity index (χ1n) is 5.17. The maximum absolute atomic E-state index is 10.7. The van der Waals surface area contributed by atoms with Gasteiger partial charge in [-0.3, -0.25) is 4.79 Å². The number of hydrogen-bond acceptors (Lipinski definition) is 2. The molecule has 0 saturated heterocycles. The third-order valence-electron chi connectivity index (χ3n) is 2.56. The Kier molecular flexibility index (Phi) is 3.13. The van der Waals surface area contributed by atoms with Gasteiger partial charge in [0.1, 0.15) is 6.29 Å². The maximum atomic E-state index is 10.7. The lowest BCUT2D eigenvalue weighted by Gasteiger charge is -2.12. The van der Waals surface area contributed by atoms with Crippen LogP contribution < -0.4 is 5.73 Å². The predicted octanol–water partition coefficient (Wildman–Crippen LogP) is 2.55. The van der Waals surface area contributed by atoms with Crippen LogP contribution in [0.1, 0.15) is 27.5 Å². The number of aldehydes is 1. The zero-order valence-electron chi connectivity index (χ0n) is 8.84. The molecule has 0 fully saturated rings. The highest BCUT2D eigenvalue weighted by Gasteiger charge is 2.08. The summed E-state index contributed by atoms with van der Waals surface area (Å²) in [5, 5.41) is 0. The van der Waals surface area contributed by atoms with Gasteiger partial charge in [0.25, 0.3) is 0 Å². The molecule has 0 spiro atoms. The fourth-order valence-electron chi connectivity index (χ4n) is 1.68. The van der Waals surface area contributed by atoms with E-state index in [0.29, 0.717) is 5.56 Å². The molecule has 2 N–H and O–H groups in total. The first-order valence-corrected chi connectivity index (χ1v) is 5.17. The van der Waals surface area contributed by atoms with Gasteiger partial charge in [-0.05, 0) is 17.2 Å². The molecule has 1 unspecified atom stereocenters. The van der Waals surface area contributed by atoms with Crippen molar-refractivity contribution in [1.29, 1.82) is 0 Å². The van der Waals surface area contributed by atoms with E-state index >= 15 is 0 Å². The summed E-state index contributed by atoms with van der Waals surface area (Å²) in [6.07, 6.45) is 0.835. The van der Waals surface area contributed by atoms with Gasteiger partial charge in [0.2, 0.25) is 0 Å². The zero-order chi connectivity index (χ0) is 11.4. The van der Waals surface area contributed by atoms with Gasteiger partial charge in [-0.15, -0.1) is 0 Å². The average Bonchev–Trinajstić information content (AvgIpc) is 2.39. The van der Waals surface area contributed by atoms with Gasteiger partial charge in [0.05, 0.1) is 6.04 Å². The third kappa shape index (κ3) is 2.18. The van der Waals surface area contributed by atoms with Gasteiger partial charge >= 0.3 is 0 Å². The van der Waals surface area contributed by atoms with Crippen LogP contribution in [0.25, 0.3) is 0 Å². The number of carbonyl (C=O) groups excluding carboxylic acids is 1. The fourth-order valence-corrected chi connectivity index (χ4v) is 1.68. The molecule has 2 rings (SSSR count). The first-order chi connectivity index (χ1) is 7.81. The Morgan fingerprint density at radius 3 is 2.31 bits per heavy atom. The summed E-state index contributed by atoms with van der Waals surface area (Å²) >= 11 is 0. The van der Waals surface area contributed by atoms with Gasteiger partial charge in [0, 0.05) is 5.56 Å². The van der Waals surface area contributed by atoms with Crippen molar-refractivity contribution in [2.45, 2.75) is 6.04 Å². The summed E-state index contributed by atoms with van der Waals surface area (Å²) < 4.78 is 0. The first kappa shape index (κ1) is 10.6. The molecule has 0 heterocycles. The van der Waals surface area contributed by atoms with Crippen molar-refractivity contribution >= 4 is 6.29 Å². The number of hydrogen-bond donors (Lipinski definition) is 1. The van der Waals surface area contributed by atoms with E-state index in [1.165, 1.54) is 0 Å². The van der Waals surface area contributed by atoms with Gasteiger partial charge in [0.15, 0.2) is 0 Å². The molecule has 2 aromatic carbocycles. The molecule has 2 heteroatoms. The summed E-state index contributed by atoms with van der Waals surface area (Å²) in [6.45, 7) is 0. The van der Waals surface area contributed by atoms with E-state index in [1.54, 1.807) is 6.07 Å². The molecule has 0 aliphatic heterocycles. The second-order valence-electron chi connectivity index (χ2n) is 3.68. The highest BCUT2D eigenvalue weighted by Crippen LogP contribution is 2.19. The monoisotopic (exact) mass is 211 g/mol. The molecule has 2 aromatic rings. The van der Waals surface area contributed by atoms with Gasteiger partial charge < -0.3 is 5.73 Å². The standard InChI is InChI=1S/C14H13NO/c15-14(12-6-2-1-3-7-12)13-8-4-5-11(9-13)10-16/h1-10,14H,15H2. The van der Waals surface area contributed by atoms with Crippen LogP contribution in [-0.2, 0) is 0 Å². The van der Waals surface area contributed by atoms with Crippen LogP contribution in [-0.4, -0.2) is 6.29 Å². The molecule has 0 aliphatic rings. The van der Waals surface area contributed by atoms with Crippen molar-refractivity contribution < 1.29 is 4.79 Å². The number of nitrogens with two attached hydrogens (primary N) is 1. The molecule has 0 radical (unpaired) electrons. The second-order valence-corrected chi connectivity index (χ2v) is 3.68. The molecular formula is C14H13NO. The second kappa shape index (κ2) is 4.73. The Labute approximate surface area is 94.7 Å². The van der Waals surface area contributed by atoms with E-state index in [2.05, 4.69) is 0 Å². The normalized spacial score (nSPS) is 12.1. The lowest BCUT2D eigenvalue weighted by molar-refractivity contribution is 0.112. The molecule has 0 aromatic heterocycles. The summed E-state index contributed by atoms with van der Waals surface area (Å²) in [4.78, 5) is 10.7. The van der Waals surface area contributed by atoms with Crippen LogP contribution in [0.2, 0.25) is 0 Å². The molecule has 2 nitrogen and oxygen atoms in total. The van der Waals surface area contributed by atoms with E-state index in [9.17, 15) is 4.79 Å². The van der Waals surface area contributed by atoms with E-state index < -0.39 is 0 Å². The minimum absolute atomic E-state index is 0.180. The van der Waals surface area contributed by atoms with Crippen molar-refractivity contribution in [3.63, 3.8) is 0 Å². The number of benzene rings is 2. The lowest BCUT2D eigenvalue weighted by atomic mass is 9.98. The molecule has 0 bridgehead atoms. The Hall–Kier alpha value is -1.93. The summed E-state index contributed by atoms with van der Waals surface area (Å²) in [5.41, 5.74) is 8.78. The minimum Gasteiger partial charge on any atom is -0.320 e. The van der Waals surface area contributed by atoms with E-state index in [1.807, 2.05) is 48.5 Å².